The molecule has 0 fully saturated rings. The van der Waals surface area contributed by atoms with Gasteiger partial charge in [-0.3, -0.25) is 0 Å². The highest BCUT2D eigenvalue weighted by atomic mass is 79.9. The van der Waals surface area contributed by atoms with Crippen LogP contribution in [0.3, 0.4) is 0 Å². The van der Waals surface area contributed by atoms with Gasteiger partial charge in [0.05, 0.1) is 12.2 Å². The first kappa shape index (κ1) is 11.7. The molecule has 0 unspecified atom stereocenters. The molecule has 4 heteroatoms. The predicted octanol–water partition coefficient (Wildman–Crippen LogP) is 3.52. The van der Waals surface area contributed by atoms with E-state index in [1.807, 2.05) is 12.1 Å². The van der Waals surface area contributed by atoms with Crippen LogP contribution in [0, 0.1) is 0 Å². The number of rotatable bonds is 3. The average molecular weight is 322 g/mol. The summed E-state index contributed by atoms with van der Waals surface area (Å²) in [6, 6.07) is 5.53. The predicted molar refractivity (Wildman–Crippen MR) is 62.7 cm³/mol. The zero-order chi connectivity index (χ0) is 10.6. The van der Waals surface area contributed by atoms with Crippen molar-refractivity contribution in [2.45, 2.75) is 12.3 Å². The molecule has 76 valence electrons. The highest BCUT2D eigenvalue weighted by molar-refractivity contribution is 9.10. The van der Waals surface area contributed by atoms with Crippen molar-refractivity contribution in [1.82, 2.24) is 0 Å². The van der Waals surface area contributed by atoms with Crippen molar-refractivity contribution in [2.75, 3.05) is 6.61 Å². The van der Waals surface area contributed by atoms with Gasteiger partial charge < -0.3 is 4.74 Å². The van der Waals surface area contributed by atoms with Crippen LogP contribution < -0.4 is 0 Å². The van der Waals surface area contributed by atoms with Crippen LogP contribution in [0.15, 0.2) is 22.7 Å². The van der Waals surface area contributed by atoms with Crippen molar-refractivity contribution >= 4 is 37.8 Å². The van der Waals surface area contributed by atoms with Gasteiger partial charge in [-0.05, 0) is 30.7 Å². The normalized spacial score (nSPS) is 9.93. The van der Waals surface area contributed by atoms with Gasteiger partial charge in [-0.1, -0.05) is 31.9 Å². The Bertz CT molecular complexity index is 337. The maximum atomic E-state index is 11.4. The van der Waals surface area contributed by atoms with Crippen molar-refractivity contribution in [2.24, 2.45) is 0 Å². The van der Waals surface area contributed by atoms with Crippen molar-refractivity contribution in [3.8, 4) is 0 Å². The van der Waals surface area contributed by atoms with E-state index >= 15 is 0 Å². The lowest BCUT2D eigenvalue weighted by Crippen LogP contribution is -2.04. The minimum Gasteiger partial charge on any atom is -0.462 e. The molecule has 0 bridgehead atoms. The summed E-state index contributed by atoms with van der Waals surface area (Å²) in [5.41, 5.74) is 1.62. The third kappa shape index (κ3) is 3.10. The standard InChI is InChI=1S/C10H10Br2O2/c1-2-14-10(13)8-3-7(6-11)4-9(12)5-8/h3-5H,2,6H2,1H3. The number of carbonyl (C=O) groups is 1. The van der Waals surface area contributed by atoms with Gasteiger partial charge in [0.25, 0.3) is 0 Å². The Morgan fingerprint density at radius 1 is 1.43 bits per heavy atom. The van der Waals surface area contributed by atoms with E-state index < -0.39 is 0 Å². The van der Waals surface area contributed by atoms with Crippen molar-refractivity contribution in [3.05, 3.63) is 33.8 Å². The minimum absolute atomic E-state index is 0.281. The Labute approximate surface area is 99.9 Å². The molecular formula is C10H10Br2O2. The molecule has 0 N–H and O–H groups in total. The molecule has 14 heavy (non-hydrogen) atoms. The van der Waals surface area contributed by atoms with Crippen LogP contribution in [-0.2, 0) is 10.1 Å². The zero-order valence-corrected chi connectivity index (χ0v) is 10.9. The fraction of sp³-hybridized carbons (Fsp3) is 0.300. The topological polar surface area (TPSA) is 26.3 Å². The van der Waals surface area contributed by atoms with Gasteiger partial charge in [-0.25, -0.2) is 4.79 Å². The first-order valence-corrected chi connectivity index (χ1v) is 6.11. The highest BCUT2D eigenvalue weighted by Gasteiger charge is 2.08. The summed E-state index contributed by atoms with van der Waals surface area (Å²) < 4.78 is 5.79. The second kappa shape index (κ2) is 5.51. The Morgan fingerprint density at radius 2 is 2.14 bits per heavy atom. The van der Waals surface area contributed by atoms with Crippen LogP contribution in [0.4, 0.5) is 0 Å². The molecule has 1 rings (SSSR count). The van der Waals surface area contributed by atoms with E-state index in [1.54, 1.807) is 13.0 Å². The molecule has 0 spiro atoms. The molecule has 1 aromatic carbocycles. The number of ether oxygens (including phenoxy) is 1. The van der Waals surface area contributed by atoms with E-state index in [4.69, 9.17) is 4.74 Å². The van der Waals surface area contributed by atoms with Crippen LogP contribution in [-0.4, -0.2) is 12.6 Å². The largest absolute Gasteiger partial charge is 0.462 e. The summed E-state index contributed by atoms with van der Waals surface area (Å²) in [5.74, 6) is -0.281. The van der Waals surface area contributed by atoms with Crippen LogP contribution in [0.2, 0.25) is 0 Å². The Kier molecular flexibility index (Phi) is 4.62. The van der Waals surface area contributed by atoms with Gasteiger partial charge >= 0.3 is 5.97 Å². The number of carbonyl (C=O) groups excluding carboxylic acids is 1. The van der Waals surface area contributed by atoms with E-state index in [-0.39, 0.29) is 5.97 Å². The number of hydrogen-bond acceptors (Lipinski definition) is 2. The lowest BCUT2D eigenvalue weighted by molar-refractivity contribution is 0.0526. The van der Waals surface area contributed by atoms with E-state index in [0.717, 1.165) is 15.4 Å². The summed E-state index contributed by atoms with van der Waals surface area (Å²) in [7, 11) is 0. The van der Waals surface area contributed by atoms with Gasteiger partial charge in [-0.2, -0.15) is 0 Å². The van der Waals surface area contributed by atoms with Crippen LogP contribution in [0.1, 0.15) is 22.8 Å². The molecule has 0 aliphatic carbocycles. The van der Waals surface area contributed by atoms with Crippen LogP contribution in [0.5, 0.6) is 0 Å². The number of benzene rings is 1. The van der Waals surface area contributed by atoms with Gasteiger partial charge in [0.15, 0.2) is 0 Å². The SMILES string of the molecule is CCOC(=O)c1cc(Br)cc(CBr)c1. The second-order valence-corrected chi connectivity index (χ2v) is 4.18. The molecule has 0 aromatic heterocycles. The molecule has 1 aromatic rings. The van der Waals surface area contributed by atoms with Crippen molar-refractivity contribution in [1.29, 1.82) is 0 Å². The third-order valence-corrected chi connectivity index (χ3v) is 2.73. The Morgan fingerprint density at radius 3 is 2.71 bits per heavy atom. The number of alkyl halides is 1. The third-order valence-electron chi connectivity index (χ3n) is 1.62. The zero-order valence-electron chi connectivity index (χ0n) is 7.72. The monoisotopic (exact) mass is 320 g/mol. The van der Waals surface area contributed by atoms with E-state index in [9.17, 15) is 4.79 Å². The van der Waals surface area contributed by atoms with Crippen molar-refractivity contribution in [3.63, 3.8) is 0 Å². The summed E-state index contributed by atoms with van der Waals surface area (Å²) in [6.07, 6.45) is 0. The van der Waals surface area contributed by atoms with Crippen molar-refractivity contribution < 1.29 is 9.53 Å². The molecular weight excluding hydrogens is 312 g/mol. The molecule has 0 saturated heterocycles. The van der Waals surface area contributed by atoms with E-state index in [0.29, 0.717) is 12.2 Å². The second-order valence-electron chi connectivity index (χ2n) is 2.70. The first-order chi connectivity index (χ1) is 6.67. The molecule has 0 saturated carbocycles. The maximum Gasteiger partial charge on any atom is 0.338 e. The summed E-state index contributed by atoms with van der Waals surface area (Å²) in [4.78, 5) is 11.4. The lowest BCUT2D eigenvalue weighted by atomic mass is 10.1. The molecule has 0 amide bonds. The fourth-order valence-corrected chi connectivity index (χ4v) is 1.92. The lowest BCUT2D eigenvalue weighted by Gasteiger charge is -2.04. The quantitative estimate of drug-likeness (QED) is 0.629. The minimum atomic E-state index is -0.281. The molecule has 0 atom stereocenters. The highest BCUT2D eigenvalue weighted by Crippen LogP contribution is 2.18. The van der Waals surface area contributed by atoms with E-state index in [1.165, 1.54) is 0 Å². The smallest absolute Gasteiger partial charge is 0.338 e. The van der Waals surface area contributed by atoms with Crippen LogP contribution in [0.25, 0.3) is 0 Å². The fourth-order valence-electron chi connectivity index (χ4n) is 1.06. The molecule has 0 aliphatic heterocycles. The van der Waals surface area contributed by atoms with Gasteiger partial charge in [-0.15, -0.1) is 0 Å². The van der Waals surface area contributed by atoms with Gasteiger partial charge in [0.1, 0.15) is 0 Å². The molecule has 2 nitrogen and oxygen atoms in total. The van der Waals surface area contributed by atoms with E-state index in [2.05, 4.69) is 31.9 Å². The summed E-state index contributed by atoms with van der Waals surface area (Å²) in [6.45, 7) is 2.19. The maximum absolute atomic E-state index is 11.4. The van der Waals surface area contributed by atoms with Crippen LogP contribution >= 0.6 is 31.9 Å². The van der Waals surface area contributed by atoms with Gasteiger partial charge in [0.2, 0.25) is 0 Å². The Balaban J connectivity index is 2.96. The Hall–Kier alpha value is -0.350. The van der Waals surface area contributed by atoms with Gasteiger partial charge in [0, 0.05) is 9.80 Å². The number of esters is 1. The molecule has 0 aliphatic rings. The number of halogens is 2. The summed E-state index contributed by atoms with van der Waals surface area (Å²) >= 11 is 6.69. The number of hydrogen-bond donors (Lipinski definition) is 0. The molecule has 0 heterocycles. The average Bonchev–Trinajstić information content (AvgIpc) is 2.17. The first-order valence-electron chi connectivity index (χ1n) is 4.20. The molecule has 0 radical (unpaired) electrons. The summed E-state index contributed by atoms with van der Waals surface area (Å²) in [5, 5.41) is 0.721.